The second-order valence-corrected chi connectivity index (χ2v) is 4.69. The van der Waals surface area contributed by atoms with Crippen LogP contribution in [0.3, 0.4) is 0 Å². The normalized spacial score (nSPS) is 24.0. The van der Waals surface area contributed by atoms with E-state index in [0.29, 0.717) is 17.8 Å². The largest absolute Gasteiger partial charge is 0.397 e. The lowest BCUT2D eigenvalue weighted by Crippen LogP contribution is -2.46. The molecule has 0 saturated carbocycles. The van der Waals surface area contributed by atoms with Crippen molar-refractivity contribution in [2.24, 2.45) is 0 Å². The van der Waals surface area contributed by atoms with Gasteiger partial charge in [0, 0.05) is 25.9 Å². The molecule has 0 spiro atoms. The Kier molecular flexibility index (Phi) is 3.81. The summed E-state index contributed by atoms with van der Waals surface area (Å²) in [4.78, 5) is 18.2. The van der Waals surface area contributed by atoms with Gasteiger partial charge in [-0.25, -0.2) is 0 Å². The number of piperidine rings is 1. The number of hydrogen-bond donors (Lipinski definition) is 1. The Hall–Kier alpha value is -1.62. The van der Waals surface area contributed by atoms with Gasteiger partial charge in [0.2, 0.25) is 0 Å². The van der Waals surface area contributed by atoms with E-state index in [0.717, 1.165) is 12.8 Å². The van der Waals surface area contributed by atoms with Crippen LogP contribution in [0.4, 0.5) is 5.69 Å². The number of aromatic nitrogens is 1. The van der Waals surface area contributed by atoms with Crippen molar-refractivity contribution in [3.05, 3.63) is 24.0 Å². The van der Waals surface area contributed by atoms with E-state index in [-0.39, 0.29) is 18.1 Å². The lowest BCUT2D eigenvalue weighted by molar-refractivity contribution is 0.0160. The summed E-state index contributed by atoms with van der Waals surface area (Å²) in [6.45, 7) is 2.75. The van der Waals surface area contributed by atoms with Crippen LogP contribution in [0.1, 0.15) is 30.1 Å². The summed E-state index contributed by atoms with van der Waals surface area (Å²) in [7, 11) is 1.72. The molecule has 2 atom stereocenters. The highest BCUT2D eigenvalue weighted by Crippen LogP contribution is 2.22. The second-order valence-electron chi connectivity index (χ2n) is 4.69. The number of carbonyl (C=O) groups excluding carboxylic acids is 1. The lowest BCUT2D eigenvalue weighted by atomic mass is 9.99. The summed E-state index contributed by atoms with van der Waals surface area (Å²) >= 11 is 0. The maximum Gasteiger partial charge on any atom is 0.256 e. The summed E-state index contributed by atoms with van der Waals surface area (Å²) in [5.41, 5.74) is 6.76. The van der Waals surface area contributed by atoms with Gasteiger partial charge < -0.3 is 15.4 Å². The van der Waals surface area contributed by atoms with Crippen LogP contribution in [0.15, 0.2) is 18.5 Å². The van der Waals surface area contributed by atoms with Crippen LogP contribution in [0.2, 0.25) is 0 Å². The number of methoxy groups -OCH3 is 1. The van der Waals surface area contributed by atoms with Crippen LogP contribution in [0.25, 0.3) is 0 Å². The van der Waals surface area contributed by atoms with Crippen LogP contribution in [0.5, 0.6) is 0 Å². The van der Waals surface area contributed by atoms with Crippen molar-refractivity contribution in [2.45, 2.75) is 31.9 Å². The van der Waals surface area contributed by atoms with Crippen LogP contribution in [-0.2, 0) is 4.74 Å². The highest BCUT2D eigenvalue weighted by Gasteiger charge is 2.29. The minimum atomic E-state index is -0.0167. The molecule has 1 aliphatic heterocycles. The fourth-order valence-corrected chi connectivity index (χ4v) is 2.40. The number of nitrogens with two attached hydrogens (primary N) is 1. The maximum atomic E-state index is 12.4. The van der Waals surface area contributed by atoms with Crippen LogP contribution < -0.4 is 5.73 Å². The van der Waals surface area contributed by atoms with E-state index in [2.05, 4.69) is 4.98 Å². The topological polar surface area (TPSA) is 68.5 Å². The third-order valence-corrected chi connectivity index (χ3v) is 3.50. The molecule has 98 valence electrons. The van der Waals surface area contributed by atoms with Gasteiger partial charge in [-0.1, -0.05) is 0 Å². The van der Waals surface area contributed by atoms with Crippen molar-refractivity contribution in [3.8, 4) is 0 Å². The van der Waals surface area contributed by atoms with E-state index in [4.69, 9.17) is 10.5 Å². The number of nitrogens with zero attached hydrogens (tertiary/aromatic N) is 2. The third-order valence-electron chi connectivity index (χ3n) is 3.50. The van der Waals surface area contributed by atoms with Crippen molar-refractivity contribution < 1.29 is 9.53 Å². The van der Waals surface area contributed by atoms with E-state index in [1.54, 1.807) is 19.4 Å². The predicted molar refractivity (Wildman–Crippen MR) is 69.2 cm³/mol. The highest BCUT2D eigenvalue weighted by molar-refractivity contribution is 5.99. The molecular formula is C13H19N3O2. The second kappa shape index (κ2) is 5.35. The number of rotatable bonds is 2. The summed E-state index contributed by atoms with van der Waals surface area (Å²) in [6.07, 6.45) is 5.10. The molecule has 0 aliphatic carbocycles. The molecule has 1 aromatic heterocycles. The van der Waals surface area contributed by atoms with Crippen LogP contribution in [0, 0.1) is 0 Å². The van der Waals surface area contributed by atoms with Crippen LogP contribution >= 0.6 is 0 Å². The average Bonchev–Trinajstić information content (AvgIpc) is 2.38. The molecule has 5 heteroatoms. The molecule has 5 nitrogen and oxygen atoms in total. The number of nitrogen functional groups attached to an aromatic ring is 1. The summed E-state index contributed by atoms with van der Waals surface area (Å²) < 4.78 is 5.35. The molecule has 18 heavy (non-hydrogen) atoms. The molecule has 1 saturated heterocycles. The minimum Gasteiger partial charge on any atom is -0.397 e. The number of anilines is 1. The van der Waals surface area contributed by atoms with Crippen molar-refractivity contribution in [1.82, 2.24) is 9.88 Å². The Labute approximate surface area is 107 Å². The van der Waals surface area contributed by atoms with Gasteiger partial charge >= 0.3 is 0 Å². The summed E-state index contributed by atoms with van der Waals surface area (Å²) in [5.74, 6) is -0.0167. The first-order valence-electron chi connectivity index (χ1n) is 6.16. The zero-order valence-electron chi connectivity index (χ0n) is 10.8. The molecular weight excluding hydrogens is 230 g/mol. The fourth-order valence-electron chi connectivity index (χ4n) is 2.40. The summed E-state index contributed by atoms with van der Waals surface area (Å²) in [6, 6.07) is 1.84. The van der Waals surface area contributed by atoms with Gasteiger partial charge in [0.1, 0.15) is 0 Å². The predicted octanol–water partition coefficient (Wildman–Crippen LogP) is 1.30. The maximum absolute atomic E-state index is 12.4. The molecule has 1 amide bonds. The number of hydrogen-bond acceptors (Lipinski definition) is 4. The van der Waals surface area contributed by atoms with Gasteiger partial charge in [-0.3, -0.25) is 9.78 Å². The standard InChI is InChI=1S/C13H19N3O2/c1-9-7-10(18-2)4-6-16(9)13(17)11-3-5-15-8-12(11)14/h3,5,8-10H,4,6-7,14H2,1-2H3. The van der Waals surface area contributed by atoms with Gasteiger partial charge in [0.05, 0.1) is 23.6 Å². The number of ether oxygens (including phenoxy) is 1. The van der Waals surface area contributed by atoms with E-state index in [9.17, 15) is 4.79 Å². The lowest BCUT2D eigenvalue weighted by Gasteiger charge is -2.37. The number of carbonyl (C=O) groups is 1. The molecule has 0 bridgehead atoms. The molecule has 1 aromatic rings. The zero-order valence-corrected chi connectivity index (χ0v) is 10.8. The van der Waals surface area contributed by atoms with E-state index >= 15 is 0 Å². The number of likely N-dealkylation sites (tertiary alicyclic amines) is 1. The summed E-state index contributed by atoms with van der Waals surface area (Å²) in [5, 5.41) is 0. The molecule has 2 rings (SSSR count). The smallest absolute Gasteiger partial charge is 0.256 e. The monoisotopic (exact) mass is 249 g/mol. The first-order valence-corrected chi connectivity index (χ1v) is 6.16. The van der Waals surface area contributed by atoms with E-state index in [1.165, 1.54) is 6.20 Å². The van der Waals surface area contributed by atoms with Gasteiger partial charge in [0.25, 0.3) is 5.91 Å². The highest BCUT2D eigenvalue weighted by atomic mass is 16.5. The Bertz CT molecular complexity index is 436. The minimum absolute atomic E-state index is 0.0167. The number of pyridine rings is 1. The number of amides is 1. The molecule has 1 fully saturated rings. The average molecular weight is 249 g/mol. The van der Waals surface area contributed by atoms with Crippen molar-refractivity contribution in [1.29, 1.82) is 0 Å². The Morgan fingerprint density at radius 3 is 3.00 bits per heavy atom. The molecule has 2 heterocycles. The molecule has 0 radical (unpaired) electrons. The van der Waals surface area contributed by atoms with Crippen molar-refractivity contribution in [2.75, 3.05) is 19.4 Å². The molecule has 2 unspecified atom stereocenters. The van der Waals surface area contributed by atoms with Gasteiger partial charge in [-0.05, 0) is 25.8 Å². The zero-order chi connectivity index (χ0) is 13.1. The molecule has 0 aromatic carbocycles. The van der Waals surface area contributed by atoms with E-state index < -0.39 is 0 Å². The third kappa shape index (κ3) is 2.46. The molecule has 1 aliphatic rings. The Morgan fingerprint density at radius 1 is 1.61 bits per heavy atom. The molecule has 2 N–H and O–H groups in total. The Morgan fingerprint density at radius 2 is 2.39 bits per heavy atom. The van der Waals surface area contributed by atoms with Gasteiger partial charge in [-0.15, -0.1) is 0 Å². The van der Waals surface area contributed by atoms with E-state index in [1.807, 2.05) is 11.8 Å². The quantitative estimate of drug-likeness (QED) is 0.858. The first kappa shape index (κ1) is 12.8. The van der Waals surface area contributed by atoms with Crippen molar-refractivity contribution >= 4 is 11.6 Å². The SMILES string of the molecule is COC1CCN(C(=O)c2ccncc2N)C(C)C1. The Balaban J connectivity index is 2.13. The van der Waals surface area contributed by atoms with Gasteiger partial charge in [0.15, 0.2) is 0 Å². The fraction of sp³-hybridized carbons (Fsp3) is 0.538. The first-order chi connectivity index (χ1) is 8.63. The van der Waals surface area contributed by atoms with Crippen LogP contribution in [-0.4, -0.2) is 41.6 Å². The van der Waals surface area contributed by atoms with Gasteiger partial charge in [-0.2, -0.15) is 0 Å². The van der Waals surface area contributed by atoms with Crippen molar-refractivity contribution in [3.63, 3.8) is 0 Å².